The average Bonchev–Trinajstić information content (AvgIpc) is 3.24. The molecule has 1 aromatic carbocycles. The van der Waals surface area contributed by atoms with Gasteiger partial charge in [-0.15, -0.1) is 11.3 Å². The lowest BCUT2D eigenvalue weighted by Gasteiger charge is -2.13. The van der Waals surface area contributed by atoms with Gasteiger partial charge in [0.1, 0.15) is 11.9 Å². The van der Waals surface area contributed by atoms with Crippen molar-refractivity contribution in [2.45, 2.75) is 31.8 Å². The zero-order chi connectivity index (χ0) is 19.2. The second kappa shape index (κ2) is 8.72. The quantitative estimate of drug-likeness (QED) is 0.673. The number of rotatable bonds is 8. The molecule has 142 valence electrons. The molecular weight excluding hydrogens is 371 g/mol. The number of hydrogen-bond donors (Lipinski definition) is 2. The molecule has 1 aliphatic heterocycles. The molecule has 2 aromatic rings. The second-order valence-electron chi connectivity index (χ2n) is 6.12. The summed E-state index contributed by atoms with van der Waals surface area (Å²) in [5.41, 5.74) is 0.527. The maximum absolute atomic E-state index is 13.3. The molecule has 0 saturated carbocycles. The van der Waals surface area contributed by atoms with Crippen LogP contribution < -0.4 is 10.6 Å². The minimum Gasteiger partial charge on any atom is -0.356 e. The van der Waals surface area contributed by atoms with E-state index in [1.165, 1.54) is 29.5 Å². The number of carbonyl (C=O) groups is 3. The number of amides is 4. The molecule has 7 nitrogen and oxygen atoms in total. The van der Waals surface area contributed by atoms with Crippen LogP contribution in [0.1, 0.15) is 23.4 Å². The van der Waals surface area contributed by atoms with Gasteiger partial charge in [-0.1, -0.05) is 12.1 Å². The van der Waals surface area contributed by atoms with Crippen LogP contribution in [0.15, 0.2) is 35.8 Å². The zero-order valence-electron chi connectivity index (χ0n) is 14.5. The summed E-state index contributed by atoms with van der Waals surface area (Å²) in [6.07, 6.45) is 2.71. The molecule has 9 heteroatoms. The van der Waals surface area contributed by atoms with Crippen molar-refractivity contribution in [3.8, 4) is 0 Å². The Kier molecular flexibility index (Phi) is 6.12. The summed E-state index contributed by atoms with van der Waals surface area (Å²) in [5.74, 6) is -1.01. The van der Waals surface area contributed by atoms with Gasteiger partial charge in [-0.3, -0.25) is 14.5 Å². The van der Waals surface area contributed by atoms with E-state index in [4.69, 9.17) is 0 Å². The third-order valence-corrected chi connectivity index (χ3v) is 4.98. The number of aromatic nitrogens is 1. The molecule has 4 amide bonds. The summed E-state index contributed by atoms with van der Waals surface area (Å²) in [7, 11) is 0. The first-order chi connectivity index (χ1) is 13.0. The van der Waals surface area contributed by atoms with Crippen LogP contribution in [-0.4, -0.2) is 40.3 Å². The van der Waals surface area contributed by atoms with Crippen LogP contribution in [0.25, 0.3) is 0 Å². The van der Waals surface area contributed by atoms with Crippen LogP contribution in [0.3, 0.4) is 0 Å². The van der Waals surface area contributed by atoms with Gasteiger partial charge in [0.25, 0.3) is 5.91 Å². The van der Waals surface area contributed by atoms with Crippen LogP contribution in [0.5, 0.6) is 0 Å². The molecule has 0 bridgehead atoms. The Balaban J connectivity index is 1.44. The van der Waals surface area contributed by atoms with E-state index in [1.807, 2.05) is 5.38 Å². The van der Waals surface area contributed by atoms with Gasteiger partial charge in [-0.25, -0.2) is 14.2 Å². The number of thiazole rings is 1. The van der Waals surface area contributed by atoms with E-state index in [-0.39, 0.29) is 25.3 Å². The molecular formula is C18H19FN4O3S. The van der Waals surface area contributed by atoms with E-state index in [9.17, 15) is 18.8 Å². The number of halogens is 1. The van der Waals surface area contributed by atoms with Crippen LogP contribution in [0.4, 0.5) is 9.18 Å². The third kappa shape index (κ3) is 5.10. The van der Waals surface area contributed by atoms with Crippen molar-refractivity contribution in [2.75, 3.05) is 6.54 Å². The number of hydrogen-bond acceptors (Lipinski definition) is 5. The predicted octanol–water partition coefficient (Wildman–Crippen LogP) is 1.84. The van der Waals surface area contributed by atoms with Crippen LogP contribution in [-0.2, 0) is 22.6 Å². The molecule has 0 spiro atoms. The Morgan fingerprint density at radius 1 is 1.37 bits per heavy atom. The standard InChI is InChI=1S/C18H19FN4O3S/c19-13-3-1-2-12(10-13)11-23-17(25)14(22-18(23)26)4-5-15(24)20-7-6-16-21-8-9-27-16/h1-3,8-10,14H,4-7,11H2,(H,20,24)(H,22,26). The number of urea groups is 1. The van der Waals surface area contributed by atoms with Gasteiger partial charge in [0.2, 0.25) is 5.91 Å². The fourth-order valence-corrected chi connectivity index (χ4v) is 3.41. The number of nitrogens with zero attached hydrogens (tertiary/aromatic N) is 2. The van der Waals surface area contributed by atoms with E-state index in [1.54, 1.807) is 12.3 Å². The molecule has 27 heavy (non-hydrogen) atoms. The highest BCUT2D eigenvalue weighted by Crippen LogP contribution is 2.15. The summed E-state index contributed by atoms with van der Waals surface area (Å²) >= 11 is 1.53. The predicted molar refractivity (Wildman–Crippen MR) is 97.3 cm³/mol. The fraction of sp³-hybridized carbons (Fsp3) is 0.333. The molecule has 3 rings (SSSR count). The maximum Gasteiger partial charge on any atom is 0.325 e. The van der Waals surface area contributed by atoms with E-state index in [2.05, 4.69) is 15.6 Å². The highest BCUT2D eigenvalue weighted by atomic mass is 32.1. The normalized spacial score (nSPS) is 16.5. The SMILES string of the molecule is O=C(CCC1NC(=O)N(Cc2cccc(F)c2)C1=O)NCCc1nccs1. The van der Waals surface area contributed by atoms with E-state index in [0.29, 0.717) is 18.5 Å². The summed E-state index contributed by atoms with van der Waals surface area (Å²) in [6, 6.07) is 4.48. The molecule has 1 saturated heterocycles. The van der Waals surface area contributed by atoms with Crippen molar-refractivity contribution in [2.24, 2.45) is 0 Å². The minimum atomic E-state index is -0.740. The van der Waals surface area contributed by atoms with Gasteiger partial charge >= 0.3 is 6.03 Å². The van der Waals surface area contributed by atoms with Crippen molar-refractivity contribution in [3.05, 3.63) is 52.2 Å². The molecule has 0 aliphatic carbocycles. The van der Waals surface area contributed by atoms with Gasteiger partial charge in [0.05, 0.1) is 11.6 Å². The van der Waals surface area contributed by atoms with Crippen LogP contribution >= 0.6 is 11.3 Å². The molecule has 0 radical (unpaired) electrons. The maximum atomic E-state index is 13.3. The summed E-state index contributed by atoms with van der Waals surface area (Å²) in [6.45, 7) is 0.474. The Morgan fingerprint density at radius 2 is 2.22 bits per heavy atom. The number of benzene rings is 1. The number of imide groups is 1. The minimum absolute atomic E-state index is 0.00105. The van der Waals surface area contributed by atoms with Crippen LogP contribution in [0, 0.1) is 5.82 Å². The first-order valence-electron chi connectivity index (χ1n) is 8.54. The van der Waals surface area contributed by atoms with Crippen molar-refractivity contribution in [1.29, 1.82) is 0 Å². The Labute approximate surface area is 159 Å². The first-order valence-corrected chi connectivity index (χ1v) is 9.42. The summed E-state index contributed by atoms with van der Waals surface area (Å²) < 4.78 is 13.3. The molecule has 1 fully saturated rings. The van der Waals surface area contributed by atoms with Crippen molar-refractivity contribution in [3.63, 3.8) is 0 Å². The second-order valence-corrected chi connectivity index (χ2v) is 7.10. The summed E-state index contributed by atoms with van der Waals surface area (Å²) in [5, 5.41) is 8.18. The topological polar surface area (TPSA) is 91.4 Å². The molecule has 1 unspecified atom stereocenters. The largest absolute Gasteiger partial charge is 0.356 e. The zero-order valence-corrected chi connectivity index (χ0v) is 15.3. The van der Waals surface area contributed by atoms with Crippen LogP contribution in [0.2, 0.25) is 0 Å². The highest BCUT2D eigenvalue weighted by molar-refractivity contribution is 7.09. The van der Waals surface area contributed by atoms with Gasteiger partial charge in [0.15, 0.2) is 0 Å². The van der Waals surface area contributed by atoms with Crippen molar-refractivity contribution >= 4 is 29.2 Å². The monoisotopic (exact) mass is 390 g/mol. The smallest absolute Gasteiger partial charge is 0.325 e. The Bertz CT molecular complexity index is 828. The van der Waals surface area contributed by atoms with Gasteiger partial charge < -0.3 is 10.6 Å². The lowest BCUT2D eigenvalue weighted by Crippen LogP contribution is -2.33. The van der Waals surface area contributed by atoms with E-state index >= 15 is 0 Å². The van der Waals surface area contributed by atoms with E-state index < -0.39 is 23.8 Å². The molecule has 1 aromatic heterocycles. The molecule has 2 heterocycles. The van der Waals surface area contributed by atoms with Gasteiger partial charge in [-0.2, -0.15) is 0 Å². The average molecular weight is 390 g/mol. The number of nitrogens with one attached hydrogen (secondary N) is 2. The molecule has 1 atom stereocenters. The number of carbonyl (C=O) groups excluding carboxylic acids is 3. The van der Waals surface area contributed by atoms with Crippen molar-refractivity contribution < 1.29 is 18.8 Å². The lowest BCUT2D eigenvalue weighted by molar-refractivity contribution is -0.128. The lowest BCUT2D eigenvalue weighted by atomic mass is 10.1. The Morgan fingerprint density at radius 3 is 2.96 bits per heavy atom. The van der Waals surface area contributed by atoms with Gasteiger partial charge in [0, 0.05) is 31.0 Å². The van der Waals surface area contributed by atoms with Crippen molar-refractivity contribution in [1.82, 2.24) is 20.5 Å². The molecule has 1 aliphatic rings. The van der Waals surface area contributed by atoms with Gasteiger partial charge in [-0.05, 0) is 24.1 Å². The Hall–Kier alpha value is -2.81. The van der Waals surface area contributed by atoms with E-state index in [0.717, 1.165) is 9.91 Å². The summed E-state index contributed by atoms with van der Waals surface area (Å²) in [4.78, 5) is 41.5. The first kappa shape index (κ1) is 19.0. The highest BCUT2D eigenvalue weighted by Gasteiger charge is 2.37. The molecule has 2 N–H and O–H groups in total. The fourth-order valence-electron chi connectivity index (χ4n) is 2.79. The third-order valence-electron chi connectivity index (χ3n) is 4.14.